The van der Waals surface area contributed by atoms with Gasteiger partial charge < -0.3 is 19.8 Å². The zero-order valence-corrected chi connectivity index (χ0v) is 43.5. The molecule has 9 heteroatoms. The fraction of sp³-hybridized carbons (Fsp3) is 0.632. The fourth-order valence-corrected chi connectivity index (χ4v) is 7.44. The first-order valence-corrected chi connectivity index (χ1v) is 27.4. The molecule has 0 aromatic carbocycles. The van der Waals surface area contributed by atoms with Gasteiger partial charge in [0.1, 0.15) is 13.2 Å². The van der Waals surface area contributed by atoms with Gasteiger partial charge in [-0.15, -0.1) is 0 Å². The van der Waals surface area contributed by atoms with Crippen LogP contribution in [-0.2, 0) is 18.4 Å². The molecule has 0 saturated heterocycles. The first-order valence-electron chi connectivity index (χ1n) is 25.9. The second kappa shape index (κ2) is 47.0. The summed E-state index contributed by atoms with van der Waals surface area (Å²) < 4.78 is 23.5. The van der Waals surface area contributed by atoms with Crippen LogP contribution in [0.5, 0.6) is 0 Å². The van der Waals surface area contributed by atoms with Crippen molar-refractivity contribution in [2.24, 2.45) is 0 Å². The predicted octanol–water partition coefficient (Wildman–Crippen LogP) is 15.4. The predicted molar refractivity (Wildman–Crippen MR) is 285 cm³/mol. The lowest BCUT2D eigenvalue weighted by molar-refractivity contribution is -0.870. The summed E-state index contributed by atoms with van der Waals surface area (Å²) in [6.45, 7) is 4.41. The number of nitrogens with one attached hydrogen (secondary N) is 1. The topological polar surface area (TPSA) is 105 Å². The number of amides is 1. The largest absolute Gasteiger partial charge is 0.472 e. The quantitative estimate of drug-likeness (QED) is 0.0243. The molecule has 3 unspecified atom stereocenters. The molecular formula is C57H98N2O6P+. The van der Waals surface area contributed by atoms with E-state index in [1.54, 1.807) is 6.08 Å². The molecule has 1 amide bonds. The molecule has 0 fully saturated rings. The van der Waals surface area contributed by atoms with Gasteiger partial charge in [-0.2, -0.15) is 0 Å². The Bertz CT molecular complexity index is 1480. The molecule has 0 aliphatic carbocycles. The number of rotatable bonds is 45. The molecule has 0 bridgehead atoms. The lowest BCUT2D eigenvalue weighted by Crippen LogP contribution is -2.45. The number of hydrogen-bond donors (Lipinski definition) is 3. The van der Waals surface area contributed by atoms with Crippen LogP contribution < -0.4 is 5.32 Å². The molecule has 0 heterocycles. The van der Waals surface area contributed by atoms with E-state index in [-0.39, 0.29) is 19.1 Å². The molecule has 0 aromatic rings. The van der Waals surface area contributed by atoms with Gasteiger partial charge in [-0.25, -0.2) is 4.57 Å². The van der Waals surface area contributed by atoms with Gasteiger partial charge in [0.15, 0.2) is 0 Å². The Hall–Kier alpha value is -3.10. The summed E-state index contributed by atoms with van der Waals surface area (Å²) in [5.74, 6) is -0.202. The molecule has 0 saturated carbocycles. The van der Waals surface area contributed by atoms with Gasteiger partial charge in [0, 0.05) is 6.42 Å². The molecule has 0 aromatic heterocycles. The Balaban J connectivity index is 4.04. The van der Waals surface area contributed by atoms with Gasteiger partial charge in [-0.1, -0.05) is 199 Å². The summed E-state index contributed by atoms with van der Waals surface area (Å²) >= 11 is 0. The van der Waals surface area contributed by atoms with Crippen molar-refractivity contribution in [3.63, 3.8) is 0 Å². The van der Waals surface area contributed by atoms with E-state index in [0.717, 1.165) is 89.9 Å². The van der Waals surface area contributed by atoms with Crippen molar-refractivity contribution in [2.45, 2.75) is 193 Å². The van der Waals surface area contributed by atoms with Gasteiger partial charge in [0.05, 0.1) is 39.9 Å². The number of carbonyl (C=O) groups is 1. The minimum absolute atomic E-state index is 0.0474. The van der Waals surface area contributed by atoms with E-state index >= 15 is 0 Å². The summed E-state index contributed by atoms with van der Waals surface area (Å²) in [5.41, 5.74) is 0. The third kappa shape index (κ3) is 48.8. The maximum Gasteiger partial charge on any atom is 0.472 e. The van der Waals surface area contributed by atoms with Crippen molar-refractivity contribution in [3.05, 3.63) is 122 Å². The smallest absolute Gasteiger partial charge is 0.387 e. The average Bonchev–Trinajstić information content (AvgIpc) is 3.28. The number of allylic oxidation sites excluding steroid dienone is 19. The van der Waals surface area contributed by atoms with E-state index in [1.165, 1.54) is 70.6 Å². The highest BCUT2D eigenvalue weighted by molar-refractivity contribution is 7.47. The normalized spacial score (nSPS) is 15.1. The van der Waals surface area contributed by atoms with Gasteiger partial charge in [-0.3, -0.25) is 13.8 Å². The maximum absolute atomic E-state index is 12.9. The van der Waals surface area contributed by atoms with Crippen molar-refractivity contribution in [2.75, 3.05) is 40.9 Å². The number of aliphatic hydroxyl groups is 1. The summed E-state index contributed by atoms with van der Waals surface area (Å²) in [4.78, 5) is 23.1. The highest BCUT2D eigenvalue weighted by Gasteiger charge is 2.27. The molecule has 0 aliphatic heterocycles. The van der Waals surface area contributed by atoms with Crippen LogP contribution in [0.3, 0.4) is 0 Å². The molecule has 0 spiro atoms. The Morgan fingerprint density at radius 1 is 0.545 bits per heavy atom. The van der Waals surface area contributed by atoms with Crippen molar-refractivity contribution in [1.29, 1.82) is 0 Å². The number of unbranched alkanes of at least 4 members (excludes halogenated alkanes) is 15. The van der Waals surface area contributed by atoms with Crippen molar-refractivity contribution in [1.82, 2.24) is 5.32 Å². The number of phosphoric ester groups is 1. The van der Waals surface area contributed by atoms with Gasteiger partial charge in [-0.05, 0) is 96.8 Å². The fourth-order valence-electron chi connectivity index (χ4n) is 6.71. The number of phosphoric acid groups is 1. The SMILES string of the molecule is C/C=C/CC/C=C/CC/C=C/C(O)C(COP(=O)(O)OCC[N+](C)(C)C)NC(=O)CCCCCCCCCCCCCCC/C=C\C/C=C\C/C=C\C/C=C\C/C=C\C/C=C\C/C=C\CC. The number of carbonyl (C=O) groups excluding carboxylic acids is 1. The van der Waals surface area contributed by atoms with Crippen LogP contribution in [0.4, 0.5) is 0 Å². The summed E-state index contributed by atoms with van der Waals surface area (Å²) in [7, 11) is 1.53. The van der Waals surface area contributed by atoms with Crippen LogP contribution in [0.2, 0.25) is 0 Å². The van der Waals surface area contributed by atoms with Crippen molar-refractivity contribution >= 4 is 13.7 Å². The monoisotopic (exact) mass is 938 g/mol. The molecule has 66 heavy (non-hydrogen) atoms. The Morgan fingerprint density at radius 2 is 0.939 bits per heavy atom. The van der Waals surface area contributed by atoms with Crippen LogP contribution in [0.1, 0.15) is 181 Å². The van der Waals surface area contributed by atoms with Crippen LogP contribution in [0.25, 0.3) is 0 Å². The van der Waals surface area contributed by atoms with Crippen molar-refractivity contribution < 1.29 is 32.9 Å². The van der Waals surface area contributed by atoms with Gasteiger partial charge >= 0.3 is 7.82 Å². The molecular weight excluding hydrogens is 840 g/mol. The number of likely N-dealkylation sites (N-methyl/N-ethyl adjacent to an activating group) is 1. The van der Waals surface area contributed by atoms with Crippen LogP contribution in [0.15, 0.2) is 122 Å². The molecule has 376 valence electrons. The highest BCUT2D eigenvalue weighted by atomic mass is 31.2. The number of hydrogen-bond acceptors (Lipinski definition) is 5. The second-order valence-corrected chi connectivity index (χ2v) is 19.6. The summed E-state index contributed by atoms with van der Waals surface area (Å²) in [5, 5.41) is 13.7. The first-order chi connectivity index (χ1) is 32.0. The molecule has 0 aliphatic rings. The third-order valence-corrected chi connectivity index (χ3v) is 11.7. The number of quaternary nitrogens is 1. The Labute approximate surface area is 405 Å². The van der Waals surface area contributed by atoms with Crippen LogP contribution >= 0.6 is 7.82 Å². The molecule has 0 rings (SSSR count). The number of nitrogens with zero attached hydrogens (tertiary/aromatic N) is 1. The maximum atomic E-state index is 12.9. The lowest BCUT2D eigenvalue weighted by Gasteiger charge is -2.25. The standard InChI is InChI=1S/C57H97N2O6P/c1-6-8-10-12-14-16-17-18-19-20-21-22-23-24-25-26-27-28-29-30-31-32-33-34-35-36-37-38-39-40-41-43-45-47-49-51-57(61)58-55(54-65-66(62,63)64-53-52-59(3,4)5)56(60)50-48-46-44-42-15-13-11-9-7-2/h7-10,14-16,18-19,21-22,24-25,27-28,30-31,42,48,50,55-56,60H,6,11-13,17,20,23,26,29,32-41,43-47,49,51-54H2,1-5H3,(H-,58,61,62,63)/p+1/b9-7+,10-8-,16-14-,19-18-,22-21-,25-24-,28-27-,31-30-,42-15+,50-48+. The molecule has 3 atom stereocenters. The zero-order valence-electron chi connectivity index (χ0n) is 42.6. The van der Waals surface area contributed by atoms with E-state index in [9.17, 15) is 19.4 Å². The summed E-state index contributed by atoms with van der Waals surface area (Å²) in [6, 6.07) is -0.875. The lowest BCUT2D eigenvalue weighted by atomic mass is 10.0. The van der Waals surface area contributed by atoms with E-state index in [0.29, 0.717) is 17.4 Å². The van der Waals surface area contributed by atoms with Crippen LogP contribution in [0, 0.1) is 0 Å². The van der Waals surface area contributed by atoms with E-state index < -0.39 is 20.0 Å². The summed E-state index contributed by atoms with van der Waals surface area (Å²) in [6.07, 6.45) is 70.4. The second-order valence-electron chi connectivity index (χ2n) is 18.2. The van der Waals surface area contributed by atoms with Crippen LogP contribution in [-0.4, -0.2) is 73.4 Å². The zero-order chi connectivity index (χ0) is 48.5. The van der Waals surface area contributed by atoms with Gasteiger partial charge in [0.2, 0.25) is 5.91 Å². The Kier molecular flexibility index (Phi) is 44.8. The number of aliphatic hydroxyl groups excluding tert-OH is 1. The minimum atomic E-state index is -4.35. The minimum Gasteiger partial charge on any atom is -0.387 e. The molecule has 0 radical (unpaired) electrons. The van der Waals surface area contributed by atoms with E-state index in [4.69, 9.17) is 9.05 Å². The highest BCUT2D eigenvalue weighted by Crippen LogP contribution is 2.43. The van der Waals surface area contributed by atoms with Gasteiger partial charge in [0.25, 0.3) is 0 Å². The average molecular weight is 938 g/mol. The third-order valence-electron chi connectivity index (χ3n) is 10.7. The van der Waals surface area contributed by atoms with E-state index in [1.807, 2.05) is 40.2 Å². The van der Waals surface area contributed by atoms with Crippen molar-refractivity contribution in [3.8, 4) is 0 Å². The Morgan fingerprint density at radius 3 is 1.39 bits per heavy atom. The first kappa shape index (κ1) is 62.9. The molecule has 3 N–H and O–H groups in total. The van der Waals surface area contributed by atoms with E-state index in [2.05, 4.69) is 116 Å². The molecule has 8 nitrogen and oxygen atoms in total.